The van der Waals surface area contributed by atoms with Crippen LogP contribution < -0.4 is 10.6 Å². The standard InChI is InChI=1S/C15H30N2O3/c1-15(2,3)20-14(19)17-10-6-9-16-13-8-5-4-7-12(13)11-18/h12-13,16,18H,4-11H2,1-3H3,(H,17,19). The van der Waals surface area contributed by atoms with Gasteiger partial charge in [-0.3, -0.25) is 0 Å². The largest absolute Gasteiger partial charge is 0.444 e. The van der Waals surface area contributed by atoms with Gasteiger partial charge >= 0.3 is 6.09 Å². The fourth-order valence-corrected chi connectivity index (χ4v) is 2.58. The van der Waals surface area contributed by atoms with Gasteiger partial charge in [0.25, 0.3) is 0 Å². The molecule has 1 saturated carbocycles. The van der Waals surface area contributed by atoms with Gasteiger partial charge in [-0.1, -0.05) is 12.8 Å². The van der Waals surface area contributed by atoms with Crippen molar-refractivity contribution in [2.45, 2.75) is 64.5 Å². The third-order valence-corrected chi connectivity index (χ3v) is 3.57. The van der Waals surface area contributed by atoms with Gasteiger partial charge in [-0.25, -0.2) is 4.79 Å². The van der Waals surface area contributed by atoms with E-state index in [2.05, 4.69) is 10.6 Å². The Kier molecular flexibility index (Phi) is 7.30. The highest BCUT2D eigenvalue weighted by atomic mass is 16.6. The van der Waals surface area contributed by atoms with Crippen LogP contribution in [0.2, 0.25) is 0 Å². The van der Waals surface area contributed by atoms with E-state index in [9.17, 15) is 9.90 Å². The molecule has 2 unspecified atom stereocenters. The molecule has 0 saturated heterocycles. The number of carbonyl (C=O) groups excluding carboxylic acids is 1. The van der Waals surface area contributed by atoms with Crippen molar-refractivity contribution in [1.82, 2.24) is 10.6 Å². The van der Waals surface area contributed by atoms with Crippen LogP contribution >= 0.6 is 0 Å². The lowest BCUT2D eigenvalue weighted by Gasteiger charge is -2.31. The minimum Gasteiger partial charge on any atom is -0.444 e. The fraction of sp³-hybridized carbons (Fsp3) is 0.933. The highest BCUT2D eigenvalue weighted by Gasteiger charge is 2.23. The van der Waals surface area contributed by atoms with Gasteiger partial charge < -0.3 is 20.5 Å². The second kappa shape index (κ2) is 8.47. The molecule has 3 N–H and O–H groups in total. The Hall–Kier alpha value is -0.810. The molecule has 5 nitrogen and oxygen atoms in total. The summed E-state index contributed by atoms with van der Waals surface area (Å²) in [6, 6.07) is 0.426. The van der Waals surface area contributed by atoms with Gasteiger partial charge in [0.15, 0.2) is 0 Å². The maximum atomic E-state index is 11.4. The smallest absolute Gasteiger partial charge is 0.407 e. The third-order valence-electron chi connectivity index (χ3n) is 3.57. The molecule has 0 bridgehead atoms. The Labute approximate surface area is 122 Å². The van der Waals surface area contributed by atoms with Gasteiger partial charge in [0.2, 0.25) is 0 Å². The molecule has 1 rings (SSSR count). The molecule has 0 aromatic carbocycles. The van der Waals surface area contributed by atoms with E-state index in [1.54, 1.807) is 0 Å². The maximum absolute atomic E-state index is 11.4. The van der Waals surface area contributed by atoms with Crippen molar-refractivity contribution in [3.63, 3.8) is 0 Å². The van der Waals surface area contributed by atoms with Crippen LogP contribution in [0.15, 0.2) is 0 Å². The van der Waals surface area contributed by atoms with Crippen molar-refractivity contribution in [3.05, 3.63) is 0 Å². The zero-order valence-electron chi connectivity index (χ0n) is 13.1. The van der Waals surface area contributed by atoms with E-state index in [1.807, 2.05) is 20.8 Å². The minimum absolute atomic E-state index is 0.272. The molecule has 0 radical (unpaired) electrons. The van der Waals surface area contributed by atoms with Gasteiger partial charge in [0.05, 0.1) is 0 Å². The summed E-state index contributed by atoms with van der Waals surface area (Å²) in [7, 11) is 0. The van der Waals surface area contributed by atoms with Crippen molar-refractivity contribution in [2.24, 2.45) is 5.92 Å². The van der Waals surface area contributed by atoms with Crippen LogP contribution in [0, 0.1) is 5.92 Å². The molecule has 1 aliphatic carbocycles. The molecule has 2 atom stereocenters. The molecule has 1 amide bonds. The first-order valence-electron chi connectivity index (χ1n) is 7.73. The van der Waals surface area contributed by atoms with Crippen molar-refractivity contribution in [1.29, 1.82) is 0 Å². The summed E-state index contributed by atoms with van der Waals surface area (Å²) in [4.78, 5) is 11.4. The molecule has 0 spiro atoms. The lowest BCUT2D eigenvalue weighted by Crippen LogP contribution is -2.41. The van der Waals surface area contributed by atoms with Crippen LogP contribution in [0.5, 0.6) is 0 Å². The van der Waals surface area contributed by atoms with Crippen molar-refractivity contribution >= 4 is 6.09 Å². The van der Waals surface area contributed by atoms with Gasteiger partial charge in [0, 0.05) is 19.2 Å². The summed E-state index contributed by atoms with van der Waals surface area (Å²) < 4.78 is 5.17. The van der Waals surface area contributed by atoms with E-state index in [1.165, 1.54) is 12.8 Å². The van der Waals surface area contributed by atoms with Crippen LogP contribution in [0.1, 0.15) is 52.9 Å². The number of nitrogens with one attached hydrogen (secondary N) is 2. The SMILES string of the molecule is CC(C)(C)OC(=O)NCCCNC1CCCCC1CO. The Morgan fingerprint density at radius 3 is 2.60 bits per heavy atom. The topological polar surface area (TPSA) is 70.6 Å². The average Bonchev–Trinajstić information content (AvgIpc) is 2.36. The van der Waals surface area contributed by atoms with Crippen LogP contribution in [0.3, 0.4) is 0 Å². The summed E-state index contributed by atoms with van der Waals surface area (Å²) >= 11 is 0. The third kappa shape index (κ3) is 7.10. The number of ether oxygens (including phenoxy) is 1. The number of alkyl carbamates (subject to hydrolysis) is 1. The second-order valence-corrected chi connectivity index (χ2v) is 6.57. The first-order valence-corrected chi connectivity index (χ1v) is 7.73. The van der Waals surface area contributed by atoms with Gasteiger partial charge in [-0.15, -0.1) is 0 Å². The predicted molar refractivity (Wildman–Crippen MR) is 79.7 cm³/mol. The Morgan fingerprint density at radius 1 is 1.25 bits per heavy atom. The molecular formula is C15H30N2O3. The summed E-state index contributed by atoms with van der Waals surface area (Å²) in [5.74, 6) is 0.391. The Balaban J connectivity index is 2.08. The minimum atomic E-state index is -0.446. The monoisotopic (exact) mass is 286 g/mol. The molecule has 1 fully saturated rings. The van der Waals surface area contributed by atoms with Gasteiger partial charge in [-0.2, -0.15) is 0 Å². The van der Waals surface area contributed by atoms with Crippen molar-refractivity contribution in [2.75, 3.05) is 19.7 Å². The second-order valence-electron chi connectivity index (χ2n) is 6.57. The summed E-state index contributed by atoms with van der Waals surface area (Å²) in [5, 5.41) is 15.6. The molecular weight excluding hydrogens is 256 g/mol. The number of hydrogen-bond donors (Lipinski definition) is 3. The molecule has 1 aliphatic rings. The van der Waals surface area contributed by atoms with Crippen LogP contribution in [0.25, 0.3) is 0 Å². The van der Waals surface area contributed by atoms with E-state index in [-0.39, 0.29) is 12.7 Å². The van der Waals surface area contributed by atoms with Gasteiger partial charge in [0.1, 0.15) is 5.60 Å². The van der Waals surface area contributed by atoms with E-state index in [4.69, 9.17) is 4.74 Å². The van der Waals surface area contributed by atoms with Crippen LogP contribution in [0.4, 0.5) is 4.79 Å². The summed E-state index contributed by atoms with van der Waals surface area (Å²) in [6.07, 6.45) is 5.24. The van der Waals surface area contributed by atoms with E-state index in [0.29, 0.717) is 18.5 Å². The highest BCUT2D eigenvalue weighted by Crippen LogP contribution is 2.23. The number of hydrogen-bond acceptors (Lipinski definition) is 4. The Bertz CT molecular complexity index is 289. The fourth-order valence-electron chi connectivity index (χ4n) is 2.58. The van der Waals surface area contributed by atoms with Crippen molar-refractivity contribution < 1.29 is 14.6 Å². The molecule has 0 aromatic rings. The first-order chi connectivity index (χ1) is 9.42. The average molecular weight is 286 g/mol. The van der Waals surface area contributed by atoms with E-state index >= 15 is 0 Å². The van der Waals surface area contributed by atoms with E-state index in [0.717, 1.165) is 25.8 Å². The molecule has 0 aliphatic heterocycles. The number of aliphatic hydroxyl groups excluding tert-OH is 1. The lowest BCUT2D eigenvalue weighted by molar-refractivity contribution is 0.0527. The molecule has 0 heterocycles. The van der Waals surface area contributed by atoms with Crippen molar-refractivity contribution in [3.8, 4) is 0 Å². The maximum Gasteiger partial charge on any atom is 0.407 e. The summed E-state index contributed by atoms with van der Waals surface area (Å²) in [6.45, 7) is 7.30. The zero-order valence-corrected chi connectivity index (χ0v) is 13.1. The van der Waals surface area contributed by atoms with E-state index < -0.39 is 5.60 Å². The quantitative estimate of drug-likeness (QED) is 0.654. The zero-order chi connectivity index (χ0) is 15.0. The normalized spacial score (nSPS) is 23.4. The highest BCUT2D eigenvalue weighted by molar-refractivity contribution is 5.67. The predicted octanol–water partition coefficient (Wildman–Crippen LogP) is 2.04. The first kappa shape index (κ1) is 17.2. The number of amides is 1. The van der Waals surface area contributed by atoms with Crippen LogP contribution in [-0.4, -0.2) is 42.5 Å². The number of rotatable bonds is 6. The summed E-state index contributed by atoms with van der Waals surface area (Å²) in [5.41, 5.74) is -0.446. The molecule has 0 aromatic heterocycles. The van der Waals surface area contributed by atoms with Gasteiger partial charge in [-0.05, 0) is 52.5 Å². The number of aliphatic hydroxyl groups is 1. The van der Waals surface area contributed by atoms with Crippen LogP contribution in [-0.2, 0) is 4.74 Å². The molecule has 5 heteroatoms. The lowest BCUT2D eigenvalue weighted by atomic mass is 9.85. The number of carbonyl (C=O) groups is 1. The molecule has 118 valence electrons. The molecule has 20 heavy (non-hydrogen) atoms. The Morgan fingerprint density at radius 2 is 1.95 bits per heavy atom.